The highest BCUT2D eigenvalue weighted by Crippen LogP contribution is 2.29. The van der Waals surface area contributed by atoms with Crippen molar-refractivity contribution in [2.45, 2.75) is 13.0 Å². The number of aromatic nitrogens is 1. The van der Waals surface area contributed by atoms with E-state index in [0.29, 0.717) is 18.7 Å². The summed E-state index contributed by atoms with van der Waals surface area (Å²) in [4.78, 5) is 18.6. The van der Waals surface area contributed by atoms with E-state index in [-0.39, 0.29) is 12.0 Å². The molecule has 1 aliphatic heterocycles. The number of carbonyl (C=O) groups excluding carboxylic acids is 1. The van der Waals surface area contributed by atoms with Gasteiger partial charge in [-0.25, -0.2) is 4.98 Å². The van der Waals surface area contributed by atoms with Crippen molar-refractivity contribution in [3.8, 4) is 5.75 Å². The van der Waals surface area contributed by atoms with Crippen molar-refractivity contribution in [1.29, 1.82) is 0 Å². The van der Waals surface area contributed by atoms with Crippen LogP contribution in [-0.2, 0) is 4.74 Å². The molecule has 0 spiro atoms. The molecule has 1 atom stereocenters. The lowest BCUT2D eigenvalue weighted by atomic mass is 10.0. The quantitative estimate of drug-likeness (QED) is 0.720. The lowest BCUT2D eigenvalue weighted by molar-refractivity contribution is 0.0396. The highest BCUT2D eigenvalue weighted by molar-refractivity contribution is 5.94. The van der Waals surface area contributed by atoms with Gasteiger partial charge in [0.2, 0.25) is 0 Å². The summed E-state index contributed by atoms with van der Waals surface area (Å²) in [5.41, 5.74) is 1.72. The molecule has 1 aliphatic rings. The fourth-order valence-corrected chi connectivity index (χ4v) is 3.60. The molecule has 0 bridgehead atoms. The summed E-state index contributed by atoms with van der Waals surface area (Å²) in [6.07, 6.45) is 1.61. The molecule has 3 aromatic rings. The number of rotatable bonds is 5. The van der Waals surface area contributed by atoms with Gasteiger partial charge in [0.1, 0.15) is 17.7 Å². The average molecular weight is 391 g/mol. The van der Waals surface area contributed by atoms with Crippen LogP contribution in [0.3, 0.4) is 0 Å². The molecule has 1 saturated heterocycles. The molecule has 6 nitrogen and oxygen atoms in total. The van der Waals surface area contributed by atoms with Gasteiger partial charge in [-0.1, -0.05) is 18.2 Å². The van der Waals surface area contributed by atoms with E-state index in [4.69, 9.17) is 9.47 Å². The predicted molar refractivity (Wildman–Crippen MR) is 114 cm³/mol. The lowest BCUT2D eigenvalue weighted by Crippen LogP contribution is -2.38. The second kappa shape index (κ2) is 8.49. The third-order valence-electron chi connectivity index (χ3n) is 5.18. The molecule has 0 radical (unpaired) electrons. The number of ether oxygens (including phenoxy) is 2. The largest absolute Gasteiger partial charge is 0.497 e. The van der Waals surface area contributed by atoms with Crippen LogP contribution in [0.15, 0.2) is 54.7 Å². The van der Waals surface area contributed by atoms with Gasteiger partial charge in [0.15, 0.2) is 0 Å². The molecule has 0 aliphatic carbocycles. The molecule has 1 aromatic heterocycles. The minimum atomic E-state index is -0.0980. The summed E-state index contributed by atoms with van der Waals surface area (Å²) < 4.78 is 11.4. The summed E-state index contributed by atoms with van der Waals surface area (Å²) in [5.74, 6) is 1.61. The Hall–Kier alpha value is -3.12. The van der Waals surface area contributed by atoms with Gasteiger partial charge in [0, 0.05) is 25.8 Å². The molecule has 0 saturated carbocycles. The van der Waals surface area contributed by atoms with E-state index in [9.17, 15) is 4.79 Å². The van der Waals surface area contributed by atoms with Crippen molar-refractivity contribution in [1.82, 2.24) is 10.3 Å². The van der Waals surface area contributed by atoms with E-state index in [1.165, 1.54) is 0 Å². The van der Waals surface area contributed by atoms with Crippen molar-refractivity contribution < 1.29 is 14.3 Å². The maximum absolute atomic E-state index is 11.9. The molecule has 2 aromatic carbocycles. The maximum Gasteiger partial charge on any atom is 0.252 e. The number of hydrogen-bond acceptors (Lipinski definition) is 5. The third kappa shape index (κ3) is 4.17. The van der Waals surface area contributed by atoms with Crippen molar-refractivity contribution in [3.63, 3.8) is 0 Å². The summed E-state index contributed by atoms with van der Waals surface area (Å²) >= 11 is 0. The first-order valence-corrected chi connectivity index (χ1v) is 9.86. The van der Waals surface area contributed by atoms with Crippen LogP contribution < -0.4 is 15.0 Å². The normalized spacial score (nSPS) is 16.6. The molecule has 150 valence electrons. The van der Waals surface area contributed by atoms with E-state index in [0.717, 1.165) is 41.0 Å². The summed E-state index contributed by atoms with van der Waals surface area (Å²) in [5, 5.41) is 5.09. The molecular formula is C23H25N3O3. The van der Waals surface area contributed by atoms with Gasteiger partial charge in [-0.2, -0.15) is 0 Å². The Morgan fingerprint density at radius 3 is 2.79 bits per heavy atom. The maximum atomic E-state index is 11.9. The first-order valence-electron chi connectivity index (χ1n) is 9.86. The summed E-state index contributed by atoms with van der Waals surface area (Å²) in [7, 11) is 1.68. The van der Waals surface area contributed by atoms with Crippen LogP contribution in [0.5, 0.6) is 5.75 Å². The number of amides is 1. The molecule has 1 amide bonds. The Kier molecular flexibility index (Phi) is 5.62. The van der Waals surface area contributed by atoms with Crippen LogP contribution in [0.25, 0.3) is 10.8 Å². The SMILES string of the molecule is CCNC(=O)c1ccc(N2CCO[C@@H](c3ccc4cc(OC)ccc4c3)C2)nc1. The number of carbonyl (C=O) groups is 1. The Morgan fingerprint density at radius 2 is 2.03 bits per heavy atom. The van der Waals surface area contributed by atoms with Crippen LogP contribution >= 0.6 is 0 Å². The number of fused-ring (bicyclic) bond motifs is 1. The number of anilines is 1. The van der Waals surface area contributed by atoms with Gasteiger partial charge in [-0.3, -0.25) is 4.79 Å². The summed E-state index contributed by atoms with van der Waals surface area (Å²) in [6, 6.07) is 16.2. The first kappa shape index (κ1) is 19.2. The van der Waals surface area contributed by atoms with Gasteiger partial charge in [0.05, 0.1) is 19.3 Å². The molecule has 4 rings (SSSR count). The second-order valence-electron chi connectivity index (χ2n) is 7.04. The van der Waals surface area contributed by atoms with Crippen LogP contribution in [0, 0.1) is 0 Å². The fourth-order valence-electron chi connectivity index (χ4n) is 3.60. The number of pyridine rings is 1. The van der Waals surface area contributed by atoms with E-state index in [1.807, 2.05) is 31.2 Å². The van der Waals surface area contributed by atoms with E-state index in [2.05, 4.69) is 39.5 Å². The Balaban J connectivity index is 1.51. The number of hydrogen-bond donors (Lipinski definition) is 1. The van der Waals surface area contributed by atoms with E-state index < -0.39 is 0 Å². The number of morpholine rings is 1. The number of benzene rings is 2. The number of nitrogens with one attached hydrogen (secondary N) is 1. The molecule has 0 unspecified atom stereocenters. The monoisotopic (exact) mass is 391 g/mol. The highest BCUT2D eigenvalue weighted by Gasteiger charge is 2.23. The van der Waals surface area contributed by atoms with Crippen molar-refractivity contribution >= 4 is 22.5 Å². The smallest absolute Gasteiger partial charge is 0.252 e. The molecule has 2 heterocycles. The van der Waals surface area contributed by atoms with Gasteiger partial charge >= 0.3 is 0 Å². The zero-order valence-electron chi connectivity index (χ0n) is 16.7. The van der Waals surface area contributed by atoms with Gasteiger partial charge in [0.25, 0.3) is 5.91 Å². The van der Waals surface area contributed by atoms with Crippen LogP contribution in [0.4, 0.5) is 5.82 Å². The van der Waals surface area contributed by atoms with E-state index in [1.54, 1.807) is 13.3 Å². The van der Waals surface area contributed by atoms with Crippen LogP contribution in [-0.4, -0.2) is 44.2 Å². The molecule has 1 N–H and O–H groups in total. The van der Waals surface area contributed by atoms with E-state index >= 15 is 0 Å². The average Bonchev–Trinajstić information content (AvgIpc) is 2.78. The van der Waals surface area contributed by atoms with Crippen LogP contribution in [0.1, 0.15) is 28.9 Å². The zero-order valence-corrected chi connectivity index (χ0v) is 16.7. The standard InChI is InChI=1S/C23H25N3O3/c1-3-24-23(27)19-7-9-22(25-14-19)26-10-11-29-21(15-26)18-5-4-17-13-20(28-2)8-6-16(17)12-18/h4-9,12-14,21H,3,10-11,15H2,1-2H3,(H,24,27)/t21-/m1/s1. The predicted octanol–water partition coefficient (Wildman–Crippen LogP) is 3.57. The molecule has 1 fully saturated rings. The zero-order chi connectivity index (χ0) is 20.2. The van der Waals surface area contributed by atoms with Crippen LogP contribution in [0.2, 0.25) is 0 Å². The Labute approximate surface area is 170 Å². The Bertz CT molecular complexity index is 1000. The molecular weight excluding hydrogens is 366 g/mol. The fraction of sp³-hybridized carbons (Fsp3) is 0.304. The van der Waals surface area contributed by atoms with Crippen molar-refractivity contribution in [2.24, 2.45) is 0 Å². The van der Waals surface area contributed by atoms with Crippen molar-refractivity contribution in [2.75, 3.05) is 38.3 Å². The Morgan fingerprint density at radius 1 is 1.21 bits per heavy atom. The third-order valence-corrected chi connectivity index (χ3v) is 5.18. The highest BCUT2D eigenvalue weighted by atomic mass is 16.5. The molecule has 29 heavy (non-hydrogen) atoms. The number of nitrogens with zero attached hydrogens (tertiary/aromatic N) is 2. The topological polar surface area (TPSA) is 63.7 Å². The molecule has 6 heteroatoms. The van der Waals surface area contributed by atoms with Crippen molar-refractivity contribution in [3.05, 3.63) is 65.9 Å². The number of methoxy groups -OCH3 is 1. The second-order valence-corrected chi connectivity index (χ2v) is 7.04. The minimum absolute atomic E-state index is 0.0277. The lowest BCUT2D eigenvalue weighted by Gasteiger charge is -2.34. The minimum Gasteiger partial charge on any atom is -0.497 e. The first-order chi connectivity index (χ1) is 14.2. The van der Waals surface area contributed by atoms with Gasteiger partial charge < -0.3 is 19.7 Å². The summed E-state index contributed by atoms with van der Waals surface area (Å²) in [6.45, 7) is 4.62. The van der Waals surface area contributed by atoms with Gasteiger partial charge in [-0.15, -0.1) is 0 Å². The van der Waals surface area contributed by atoms with Gasteiger partial charge in [-0.05, 0) is 53.6 Å².